The molecule has 0 bridgehead atoms. The number of benzene rings is 6. The van der Waals surface area contributed by atoms with E-state index < -0.39 is 103 Å². The summed E-state index contributed by atoms with van der Waals surface area (Å²) in [5, 5.41) is 113. The number of aromatic hydroxyl groups is 6. The van der Waals surface area contributed by atoms with Crippen molar-refractivity contribution in [1.82, 2.24) is 0 Å². The molecule has 6 aromatic carbocycles. The van der Waals surface area contributed by atoms with Gasteiger partial charge in [-0.05, 0) is 48.5 Å². The first-order valence-electron chi connectivity index (χ1n) is 21.8. The van der Waals surface area contributed by atoms with Crippen LogP contribution in [0.1, 0.15) is 70.1 Å². The SMILES string of the molecule is COc1cc(C2Oc3cc(C4Oc5cc(F)cc(O)c5C(=O)C4O)cc(O)c3OC2CO)ccc1O.COc1cc(C2Oc3cc(C4Oc5cc(F)cc(O)c5C(O)C4O)cc(O)c3OC2CO)ccc1O.I.[B].[H-].[Na+]. The van der Waals surface area contributed by atoms with Crippen LogP contribution >= 0.6 is 24.0 Å². The van der Waals surface area contributed by atoms with Gasteiger partial charge >= 0.3 is 29.6 Å². The summed E-state index contributed by atoms with van der Waals surface area (Å²) in [6, 6.07) is 17.5. The largest absolute Gasteiger partial charge is 1.00 e. The second-order valence-corrected chi connectivity index (χ2v) is 16.8. The second-order valence-electron chi connectivity index (χ2n) is 16.8. The maximum atomic E-state index is 13.8. The fraction of sp³-hybridized carbons (Fsp3) is 0.260. The Morgan fingerprint density at radius 1 is 0.507 bits per heavy atom. The fourth-order valence-corrected chi connectivity index (χ4v) is 8.81. The zero-order chi connectivity index (χ0) is 51.4. The Hall–Kier alpha value is -6.36. The van der Waals surface area contributed by atoms with Gasteiger partial charge in [0.05, 0.1) is 33.0 Å². The fourth-order valence-electron chi connectivity index (χ4n) is 8.81. The Kier molecular flexibility index (Phi) is 18.0. The van der Waals surface area contributed by atoms with Gasteiger partial charge in [-0.3, -0.25) is 4.79 Å². The molecule has 0 aromatic heterocycles. The third-order valence-corrected chi connectivity index (χ3v) is 12.3. The molecule has 9 atom stereocenters. The van der Waals surface area contributed by atoms with Gasteiger partial charge in [-0.2, -0.15) is 0 Å². The van der Waals surface area contributed by atoms with Gasteiger partial charge in [0.1, 0.15) is 52.4 Å². The van der Waals surface area contributed by atoms with E-state index in [0.717, 1.165) is 24.3 Å². The van der Waals surface area contributed by atoms with Crippen LogP contribution in [-0.2, 0) is 0 Å². The normalized spacial score (nSPS) is 22.6. The number of halogens is 3. The molecule has 0 aliphatic carbocycles. The average Bonchev–Trinajstić information content (AvgIpc) is 3.35. The average molecular weight is 1170 g/mol. The first-order valence-corrected chi connectivity index (χ1v) is 21.8. The Morgan fingerprint density at radius 3 is 1.43 bits per heavy atom. The van der Waals surface area contributed by atoms with Crippen LogP contribution in [-0.4, -0.2) is 122 Å². The zero-order valence-corrected chi connectivity index (χ0v) is 43.9. The molecule has 391 valence electrons. The van der Waals surface area contributed by atoms with E-state index in [4.69, 9.17) is 37.9 Å². The molecule has 0 fully saturated rings. The van der Waals surface area contributed by atoms with E-state index in [1.807, 2.05) is 0 Å². The van der Waals surface area contributed by atoms with Crippen molar-refractivity contribution in [1.29, 1.82) is 0 Å². The van der Waals surface area contributed by atoms with Gasteiger partial charge < -0.3 is 95.5 Å². The molecule has 0 amide bonds. The summed E-state index contributed by atoms with van der Waals surface area (Å²) in [5.41, 5.74) is 0.754. The van der Waals surface area contributed by atoms with Crippen LogP contribution in [0.15, 0.2) is 84.9 Å². The number of phenols is 6. The van der Waals surface area contributed by atoms with Crippen LogP contribution in [0.5, 0.6) is 80.5 Å². The first-order chi connectivity index (χ1) is 34.4. The van der Waals surface area contributed by atoms with Gasteiger partial charge in [0.2, 0.25) is 17.3 Å². The molecule has 4 aliphatic heterocycles. The minimum Gasteiger partial charge on any atom is -1.00 e. The van der Waals surface area contributed by atoms with Crippen molar-refractivity contribution < 1.29 is 139 Å². The topological polar surface area (TPSA) is 313 Å². The molecule has 75 heavy (non-hydrogen) atoms. The maximum absolute atomic E-state index is 13.8. The third-order valence-electron chi connectivity index (χ3n) is 12.3. The first kappa shape index (κ1) is 57.9. The van der Waals surface area contributed by atoms with Crippen LogP contribution < -0.4 is 67.5 Å². The smallest absolute Gasteiger partial charge is 1.00 e. The Morgan fingerprint density at radius 2 is 0.947 bits per heavy atom. The third kappa shape index (κ3) is 10.9. The number of ether oxygens (including phenoxy) is 8. The monoisotopic (exact) mass is 1170 g/mol. The molecular weight excluding hydrogens is 1120 g/mol. The number of aliphatic hydroxyl groups excluding tert-OH is 5. The van der Waals surface area contributed by atoms with Crippen LogP contribution in [0.2, 0.25) is 0 Å². The Labute approximate surface area is 466 Å². The number of carbonyl (C=O) groups is 1. The van der Waals surface area contributed by atoms with E-state index in [1.165, 1.54) is 62.8 Å². The number of hydrogen-bond acceptors (Lipinski definition) is 20. The van der Waals surface area contributed by atoms with E-state index in [9.17, 15) is 69.7 Å². The predicted octanol–water partition coefficient (Wildman–Crippen LogP) is 2.21. The number of Topliss-reactive ketones (excluding diaryl/α,β-unsaturated/α-hetero) is 1. The van der Waals surface area contributed by atoms with Crippen LogP contribution in [0.3, 0.4) is 0 Å². The summed E-state index contributed by atoms with van der Waals surface area (Å²) in [4.78, 5) is 12.7. The number of carbonyl (C=O) groups excluding carboxylic acids is 1. The molecule has 20 nitrogen and oxygen atoms in total. The van der Waals surface area contributed by atoms with Crippen molar-refractivity contribution in [2.75, 3.05) is 27.4 Å². The van der Waals surface area contributed by atoms with Crippen molar-refractivity contribution >= 4 is 38.2 Å². The predicted molar refractivity (Wildman–Crippen MR) is 262 cm³/mol. The number of hydrogen-bond donors (Lipinski definition) is 11. The van der Waals surface area contributed by atoms with Crippen molar-refractivity contribution in [2.45, 2.75) is 54.9 Å². The van der Waals surface area contributed by atoms with Crippen LogP contribution in [0.25, 0.3) is 0 Å². The number of ketones is 1. The van der Waals surface area contributed by atoms with Gasteiger partial charge in [-0.1, -0.05) is 12.1 Å². The molecule has 25 heteroatoms. The Balaban J connectivity index is 0.000000267. The second kappa shape index (κ2) is 23.3. The molecule has 11 N–H and O–H groups in total. The number of fused-ring (bicyclic) bond motifs is 4. The van der Waals surface area contributed by atoms with E-state index in [2.05, 4.69) is 0 Å². The molecule has 0 spiro atoms. The summed E-state index contributed by atoms with van der Waals surface area (Å²) in [6.07, 6.45) is -11.2. The summed E-state index contributed by atoms with van der Waals surface area (Å²) in [7, 11) is 2.76. The van der Waals surface area contributed by atoms with E-state index in [1.54, 1.807) is 12.1 Å². The molecule has 4 heterocycles. The Bertz CT molecular complexity index is 3110. The van der Waals surface area contributed by atoms with Gasteiger partial charge in [0, 0.05) is 54.9 Å². The standard InChI is InChI=1S/C25H23FO10.C25H21FO10.B.HI.Na.H/c2*1-33-16-5-10(2-3-13(16)28)23-19(9-27)36-25-15(30)4-11(6-18(25)35-23)24-22(32)21(31)20-14(29)7-12(26)8-17(20)34-24;;;;/h2-8,19,21-24,27-32H,9H2,1H3;2-8,19,22-24,27-30,32H,9H2,1H3;;1H;;/q;;;;+1;-1. The van der Waals surface area contributed by atoms with Gasteiger partial charge in [0.15, 0.2) is 88.7 Å². The molecule has 9 unspecified atom stereocenters. The van der Waals surface area contributed by atoms with E-state index in [-0.39, 0.29) is 149 Å². The summed E-state index contributed by atoms with van der Waals surface area (Å²) >= 11 is 0. The summed E-state index contributed by atoms with van der Waals surface area (Å²) < 4.78 is 73.0. The molecule has 3 radical (unpaired) electrons. The number of aliphatic hydroxyl groups is 5. The number of rotatable bonds is 8. The van der Waals surface area contributed by atoms with Gasteiger partial charge in [0.25, 0.3) is 0 Å². The quantitative estimate of drug-likeness (QED) is 0.0769. The zero-order valence-electron chi connectivity index (χ0n) is 40.5. The van der Waals surface area contributed by atoms with Crippen molar-refractivity contribution in [3.8, 4) is 80.5 Å². The number of phenolic OH excluding ortho intramolecular Hbond substituents is 6. The van der Waals surface area contributed by atoms with Gasteiger partial charge in [-0.25, -0.2) is 8.78 Å². The van der Waals surface area contributed by atoms with Crippen molar-refractivity contribution in [3.63, 3.8) is 0 Å². The van der Waals surface area contributed by atoms with Crippen molar-refractivity contribution in [3.05, 3.63) is 130 Å². The van der Waals surface area contributed by atoms with Crippen LogP contribution in [0.4, 0.5) is 8.78 Å². The maximum Gasteiger partial charge on any atom is 1.00 e. The molecular formula is C50H46BF2INaO20. The molecule has 4 aliphatic rings. The number of methoxy groups -OCH3 is 2. The van der Waals surface area contributed by atoms with E-state index >= 15 is 0 Å². The van der Waals surface area contributed by atoms with Crippen LogP contribution in [0, 0.1) is 11.6 Å². The molecule has 10 rings (SSSR count). The summed E-state index contributed by atoms with van der Waals surface area (Å²) in [6.45, 7) is -0.934. The molecule has 0 saturated heterocycles. The molecule has 6 aromatic rings. The summed E-state index contributed by atoms with van der Waals surface area (Å²) in [5.74, 6) is -4.94. The van der Waals surface area contributed by atoms with E-state index in [0.29, 0.717) is 11.1 Å². The minimum absolute atomic E-state index is 0. The van der Waals surface area contributed by atoms with Gasteiger partial charge in [-0.15, -0.1) is 24.0 Å². The van der Waals surface area contributed by atoms with Crippen molar-refractivity contribution in [2.24, 2.45) is 0 Å². The molecule has 0 saturated carbocycles. The minimum atomic E-state index is -1.78.